The smallest absolute Gasteiger partial charge is 0.0364 e. The molecule has 3 N–H and O–H groups in total. The number of benzene rings is 1. The third kappa shape index (κ3) is 2.00. The molecule has 0 aromatic heterocycles. The van der Waals surface area contributed by atoms with Crippen molar-refractivity contribution in [3.05, 3.63) is 23.8 Å². The minimum Gasteiger partial charge on any atom is -0.398 e. The molecule has 1 fully saturated rings. The Labute approximate surface area is 85.5 Å². The van der Waals surface area contributed by atoms with E-state index in [1.807, 2.05) is 13.0 Å². The first-order chi connectivity index (χ1) is 6.75. The summed E-state index contributed by atoms with van der Waals surface area (Å²) in [5, 5.41) is 3.53. The maximum Gasteiger partial charge on any atom is 0.0364 e. The molecule has 0 amide bonds. The molecule has 0 radical (unpaired) electrons. The zero-order valence-electron chi connectivity index (χ0n) is 8.72. The average Bonchev–Trinajstić information content (AvgIpc) is 2.64. The van der Waals surface area contributed by atoms with Gasteiger partial charge in [-0.2, -0.15) is 0 Å². The summed E-state index contributed by atoms with van der Waals surface area (Å²) < 4.78 is 0. The largest absolute Gasteiger partial charge is 0.398 e. The van der Waals surface area contributed by atoms with Crippen LogP contribution in [-0.2, 0) is 0 Å². The van der Waals surface area contributed by atoms with Crippen LogP contribution in [0.3, 0.4) is 0 Å². The summed E-state index contributed by atoms with van der Waals surface area (Å²) in [7, 11) is 0. The number of hydrogen-bond acceptors (Lipinski definition) is 2. The lowest BCUT2D eigenvalue weighted by Crippen LogP contribution is -2.14. The molecule has 0 aliphatic heterocycles. The Bertz CT molecular complexity index is 314. The highest BCUT2D eigenvalue weighted by molar-refractivity contribution is 5.58. The van der Waals surface area contributed by atoms with E-state index in [4.69, 9.17) is 5.73 Å². The molecule has 0 heterocycles. The van der Waals surface area contributed by atoms with Gasteiger partial charge in [0, 0.05) is 17.4 Å². The Morgan fingerprint density at radius 1 is 1.29 bits per heavy atom. The molecule has 0 saturated heterocycles. The minimum absolute atomic E-state index is 0.664. The highest BCUT2D eigenvalue weighted by atomic mass is 14.9. The highest BCUT2D eigenvalue weighted by Crippen LogP contribution is 2.24. The number of aryl methyl sites for hydroxylation is 1. The van der Waals surface area contributed by atoms with Gasteiger partial charge in [0.2, 0.25) is 0 Å². The summed E-state index contributed by atoms with van der Waals surface area (Å²) in [4.78, 5) is 0. The van der Waals surface area contributed by atoms with Crippen LogP contribution in [0.15, 0.2) is 18.2 Å². The van der Waals surface area contributed by atoms with Gasteiger partial charge >= 0.3 is 0 Å². The molecule has 1 aromatic carbocycles. The second-order valence-electron chi connectivity index (χ2n) is 4.20. The fourth-order valence-corrected chi connectivity index (χ4v) is 2.04. The number of rotatable bonds is 2. The minimum atomic E-state index is 0.664. The first kappa shape index (κ1) is 9.38. The lowest BCUT2D eigenvalue weighted by molar-refractivity contribution is 0.755. The molecular weight excluding hydrogens is 172 g/mol. The van der Waals surface area contributed by atoms with Gasteiger partial charge in [0.25, 0.3) is 0 Å². The van der Waals surface area contributed by atoms with Gasteiger partial charge in [0.15, 0.2) is 0 Å². The van der Waals surface area contributed by atoms with Crippen LogP contribution in [0, 0.1) is 6.92 Å². The van der Waals surface area contributed by atoms with E-state index in [-0.39, 0.29) is 0 Å². The monoisotopic (exact) mass is 190 g/mol. The van der Waals surface area contributed by atoms with Gasteiger partial charge in [0.1, 0.15) is 0 Å². The zero-order chi connectivity index (χ0) is 9.97. The van der Waals surface area contributed by atoms with Crippen molar-refractivity contribution in [3.8, 4) is 0 Å². The Kier molecular flexibility index (Phi) is 2.62. The van der Waals surface area contributed by atoms with Crippen LogP contribution < -0.4 is 11.1 Å². The lowest BCUT2D eigenvalue weighted by Gasteiger charge is -2.14. The third-order valence-corrected chi connectivity index (χ3v) is 3.01. The van der Waals surface area contributed by atoms with Gasteiger partial charge in [0.05, 0.1) is 0 Å². The molecule has 1 aliphatic carbocycles. The molecule has 2 heteroatoms. The molecule has 0 unspecified atom stereocenters. The van der Waals surface area contributed by atoms with Gasteiger partial charge in [-0.05, 0) is 37.5 Å². The number of hydrogen-bond donors (Lipinski definition) is 2. The molecule has 2 rings (SSSR count). The van der Waals surface area contributed by atoms with E-state index in [9.17, 15) is 0 Å². The van der Waals surface area contributed by atoms with Crippen molar-refractivity contribution in [1.82, 2.24) is 0 Å². The quantitative estimate of drug-likeness (QED) is 0.704. The maximum absolute atomic E-state index is 5.85. The van der Waals surface area contributed by atoms with E-state index in [0.717, 1.165) is 11.3 Å². The molecule has 0 spiro atoms. The number of nitrogens with two attached hydrogens (primary N) is 1. The summed E-state index contributed by atoms with van der Waals surface area (Å²) in [6.45, 7) is 2.04. The SMILES string of the molecule is Cc1ccc(NC2CCCC2)cc1N. The van der Waals surface area contributed by atoms with Crippen molar-refractivity contribution in [3.63, 3.8) is 0 Å². The van der Waals surface area contributed by atoms with E-state index in [2.05, 4.69) is 17.4 Å². The molecular formula is C12H18N2. The van der Waals surface area contributed by atoms with E-state index >= 15 is 0 Å². The van der Waals surface area contributed by atoms with Crippen molar-refractivity contribution < 1.29 is 0 Å². The van der Waals surface area contributed by atoms with E-state index in [0.29, 0.717) is 6.04 Å². The molecule has 76 valence electrons. The second kappa shape index (κ2) is 3.91. The molecule has 1 aromatic rings. The Morgan fingerprint density at radius 3 is 2.64 bits per heavy atom. The molecule has 2 nitrogen and oxygen atoms in total. The topological polar surface area (TPSA) is 38.0 Å². The molecule has 0 atom stereocenters. The Balaban J connectivity index is 2.05. The van der Waals surface area contributed by atoms with Crippen LogP contribution in [0.5, 0.6) is 0 Å². The summed E-state index contributed by atoms with van der Waals surface area (Å²) in [6, 6.07) is 6.89. The second-order valence-corrected chi connectivity index (χ2v) is 4.20. The normalized spacial score (nSPS) is 17.2. The van der Waals surface area contributed by atoms with Crippen LogP contribution in [-0.4, -0.2) is 6.04 Å². The van der Waals surface area contributed by atoms with Gasteiger partial charge in [-0.3, -0.25) is 0 Å². The van der Waals surface area contributed by atoms with Crippen molar-refractivity contribution in [2.45, 2.75) is 38.6 Å². The summed E-state index contributed by atoms with van der Waals surface area (Å²) >= 11 is 0. The standard InChI is InChI=1S/C12H18N2/c1-9-6-7-11(8-12(9)13)14-10-4-2-3-5-10/h6-8,10,14H,2-5,13H2,1H3. The fourth-order valence-electron chi connectivity index (χ4n) is 2.04. The summed E-state index contributed by atoms with van der Waals surface area (Å²) in [5.41, 5.74) is 9.06. The summed E-state index contributed by atoms with van der Waals surface area (Å²) in [6.07, 6.45) is 5.32. The molecule has 0 bridgehead atoms. The third-order valence-electron chi connectivity index (χ3n) is 3.01. The highest BCUT2D eigenvalue weighted by Gasteiger charge is 2.14. The van der Waals surface area contributed by atoms with E-state index < -0.39 is 0 Å². The molecule has 1 saturated carbocycles. The van der Waals surface area contributed by atoms with Gasteiger partial charge in [-0.15, -0.1) is 0 Å². The number of anilines is 2. The van der Waals surface area contributed by atoms with Crippen molar-refractivity contribution in [2.75, 3.05) is 11.1 Å². The lowest BCUT2D eigenvalue weighted by atomic mass is 10.1. The van der Waals surface area contributed by atoms with Crippen LogP contribution in [0.1, 0.15) is 31.2 Å². The zero-order valence-corrected chi connectivity index (χ0v) is 8.72. The average molecular weight is 190 g/mol. The fraction of sp³-hybridized carbons (Fsp3) is 0.500. The summed E-state index contributed by atoms with van der Waals surface area (Å²) in [5.74, 6) is 0. The van der Waals surface area contributed by atoms with E-state index in [1.54, 1.807) is 0 Å². The van der Waals surface area contributed by atoms with Crippen molar-refractivity contribution >= 4 is 11.4 Å². The molecule has 1 aliphatic rings. The van der Waals surface area contributed by atoms with Gasteiger partial charge in [-0.25, -0.2) is 0 Å². The van der Waals surface area contributed by atoms with Crippen LogP contribution in [0.4, 0.5) is 11.4 Å². The van der Waals surface area contributed by atoms with Gasteiger partial charge < -0.3 is 11.1 Å². The van der Waals surface area contributed by atoms with Crippen LogP contribution in [0.25, 0.3) is 0 Å². The Hall–Kier alpha value is -1.18. The number of nitrogen functional groups attached to an aromatic ring is 1. The van der Waals surface area contributed by atoms with Crippen molar-refractivity contribution in [2.24, 2.45) is 0 Å². The maximum atomic E-state index is 5.85. The van der Waals surface area contributed by atoms with Gasteiger partial charge in [-0.1, -0.05) is 18.9 Å². The first-order valence-corrected chi connectivity index (χ1v) is 5.38. The first-order valence-electron chi connectivity index (χ1n) is 5.38. The Morgan fingerprint density at radius 2 is 2.00 bits per heavy atom. The predicted molar refractivity (Wildman–Crippen MR) is 61.5 cm³/mol. The van der Waals surface area contributed by atoms with Crippen molar-refractivity contribution in [1.29, 1.82) is 0 Å². The van der Waals surface area contributed by atoms with Crippen LogP contribution >= 0.6 is 0 Å². The predicted octanol–water partition coefficient (Wildman–Crippen LogP) is 2.93. The van der Waals surface area contributed by atoms with E-state index in [1.165, 1.54) is 31.4 Å². The van der Waals surface area contributed by atoms with Crippen LogP contribution in [0.2, 0.25) is 0 Å². The molecule has 14 heavy (non-hydrogen) atoms. The number of nitrogens with one attached hydrogen (secondary N) is 1.